The summed E-state index contributed by atoms with van der Waals surface area (Å²) in [6.07, 6.45) is 5.32. The van der Waals surface area contributed by atoms with Crippen LogP contribution < -0.4 is 5.32 Å². The monoisotopic (exact) mass is 480 g/mol. The second-order valence-electron chi connectivity index (χ2n) is 11.6. The van der Waals surface area contributed by atoms with Crippen molar-refractivity contribution >= 4 is 32.0 Å². The number of hydrogen-bond acceptors (Lipinski definition) is 5. The molecular formula is C24H40N2O4SSi. The van der Waals surface area contributed by atoms with Gasteiger partial charge in [0.1, 0.15) is 5.70 Å². The number of β-lactam (4-membered cyclic amide) rings is 1. The van der Waals surface area contributed by atoms with Crippen LogP contribution in [0.1, 0.15) is 59.8 Å². The van der Waals surface area contributed by atoms with Gasteiger partial charge in [-0.15, -0.1) is 0 Å². The van der Waals surface area contributed by atoms with Crippen LogP contribution >= 0.6 is 11.8 Å². The second kappa shape index (κ2) is 8.75. The molecule has 1 saturated carbocycles. The third-order valence-corrected chi connectivity index (χ3v) is 14.6. The standard InChI is InChI=1S/C24H40N2O4SSi/c1-14(30-32(5,6)24(2,3)4)18-20-16-10-7-11-17(31-13-15-9-8-12-25-15)19(16)21(23(28)29)26(20)22(18)27/h14-18,20,25H,7-13H2,1-6H3,(H,28,29)/t14-,15+,16+,17+,18-,20-/m1/s1. The van der Waals surface area contributed by atoms with Gasteiger partial charge in [0.25, 0.3) is 0 Å². The molecule has 0 unspecified atom stereocenters. The van der Waals surface area contributed by atoms with Crippen molar-refractivity contribution in [2.45, 2.75) is 101 Å². The topological polar surface area (TPSA) is 78.9 Å². The number of aliphatic carboxylic acids is 1. The molecule has 6 atom stereocenters. The first-order chi connectivity index (χ1) is 14.9. The van der Waals surface area contributed by atoms with Gasteiger partial charge < -0.3 is 19.7 Å². The molecule has 0 radical (unpaired) electrons. The summed E-state index contributed by atoms with van der Waals surface area (Å²) < 4.78 is 6.61. The van der Waals surface area contributed by atoms with Crippen molar-refractivity contribution in [1.29, 1.82) is 0 Å². The van der Waals surface area contributed by atoms with Crippen LogP contribution in [0.15, 0.2) is 11.3 Å². The largest absolute Gasteiger partial charge is 0.477 e. The van der Waals surface area contributed by atoms with Gasteiger partial charge in [-0.05, 0) is 62.9 Å². The minimum absolute atomic E-state index is 0.0450. The van der Waals surface area contributed by atoms with Crippen LogP contribution in [0.4, 0.5) is 0 Å². The fourth-order valence-electron chi connectivity index (χ4n) is 5.84. The SMILES string of the molecule is C[C@@H](O[Si](C)(C)C(C)(C)C)[C@H]1C(=O)N2C(C(=O)O)=C3[C@@H](SC[C@@H]4CCCN4)CCC[C@@H]3[C@H]12. The van der Waals surface area contributed by atoms with Crippen molar-refractivity contribution in [3.05, 3.63) is 11.3 Å². The smallest absolute Gasteiger partial charge is 0.352 e. The first-order valence-corrected chi connectivity index (χ1v) is 16.2. The molecule has 2 saturated heterocycles. The van der Waals surface area contributed by atoms with Gasteiger partial charge in [0, 0.05) is 23.0 Å². The minimum atomic E-state index is -2.02. The van der Waals surface area contributed by atoms with E-state index in [1.807, 2.05) is 18.7 Å². The zero-order valence-electron chi connectivity index (χ0n) is 20.4. The number of carbonyl (C=O) groups excluding carboxylic acids is 1. The first kappa shape index (κ1) is 24.3. The number of hydrogen-bond donors (Lipinski definition) is 2. The normalized spacial score (nSPS) is 33.8. The number of rotatable bonds is 7. The molecule has 3 heterocycles. The number of fused-ring (bicyclic) bond motifs is 3. The Kier molecular flexibility index (Phi) is 6.64. The predicted octanol–water partition coefficient (Wildman–Crippen LogP) is 4.23. The maximum Gasteiger partial charge on any atom is 0.352 e. The Morgan fingerprint density at radius 3 is 2.59 bits per heavy atom. The third kappa shape index (κ3) is 4.10. The third-order valence-electron chi connectivity index (χ3n) is 8.50. The van der Waals surface area contributed by atoms with Crippen LogP contribution in [0.5, 0.6) is 0 Å². The molecule has 180 valence electrons. The molecule has 3 fully saturated rings. The Morgan fingerprint density at radius 1 is 1.28 bits per heavy atom. The van der Waals surface area contributed by atoms with Crippen molar-refractivity contribution < 1.29 is 19.1 Å². The highest BCUT2D eigenvalue weighted by Gasteiger charge is 2.63. The van der Waals surface area contributed by atoms with E-state index < -0.39 is 14.3 Å². The van der Waals surface area contributed by atoms with Crippen LogP contribution in [0, 0.1) is 11.8 Å². The number of carboxylic acid groups (broad SMARTS) is 1. The van der Waals surface area contributed by atoms with Gasteiger partial charge in [-0.1, -0.05) is 27.2 Å². The van der Waals surface area contributed by atoms with Crippen LogP contribution in [0.3, 0.4) is 0 Å². The lowest BCUT2D eigenvalue weighted by Gasteiger charge is -2.50. The molecule has 8 heteroatoms. The number of amides is 1. The molecular weight excluding hydrogens is 440 g/mol. The molecule has 2 N–H and O–H groups in total. The molecule has 6 nitrogen and oxygen atoms in total. The number of nitrogens with zero attached hydrogens (tertiary/aromatic N) is 1. The lowest BCUT2D eigenvalue weighted by molar-refractivity contribution is -0.163. The van der Waals surface area contributed by atoms with Crippen LogP contribution in [0.25, 0.3) is 0 Å². The summed E-state index contributed by atoms with van der Waals surface area (Å²) >= 11 is 1.90. The molecule has 0 bridgehead atoms. The van der Waals surface area contributed by atoms with Crippen LogP contribution in [0.2, 0.25) is 18.1 Å². The molecule has 1 aliphatic carbocycles. The quantitative estimate of drug-likeness (QED) is 0.419. The van der Waals surface area contributed by atoms with Gasteiger partial charge >= 0.3 is 5.97 Å². The summed E-state index contributed by atoms with van der Waals surface area (Å²) in [5.41, 5.74) is 1.32. The summed E-state index contributed by atoms with van der Waals surface area (Å²) in [5.74, 6) is -0.0514. The Morgan fingerprint density at radius 2 is 2.00 bits per heavy atom. The second-order valence-corrected chi connectivity index (χ2v) is 17.6. The zero-order valence-corrected chi connectivity index (χ0v) is 22.3. The Balaban J connectivity index is 1.55. The van der Waals surface area contributed by atoms with Gasteiger partial charge in [-0.3, -0.25) is 4.79 Å². The van der Waals surface area contributed by atoms with E-state index in [9.17, 15) is 14.7 Å². The molecule has 4 aliphatic rings. The van der Waals surface area contributed by atoms with Gasteiger partial charge in [0.15, 0.2) is 8.32 Å². The minimum Gasteiger partial charge on any atom is -0.477 e. The van der Waals surface area contributed by atoms with E-state index in [2.05, 4.69) is 39.2 Å². The molecule has 1 amide bonds. The van der Waals surface area contributed by atoms with Gasteiger partial charge in [0.2, 0.25) is 5.91 Å². The maximum atomic E-state index is 13.3. The summed E-state index contributed by atoms with van der Waals surface area (Å²) in [7, 11) is -2.02. The average Bonchev–Trinajstić information content (AvgIpc) is 3.29. The highest BCUT2D eigenvalue weighted by Crippen LogP contribution is 2.55. The molecule has 0 spiro atoms. The van der Waals surface area contributed by atoms with Crippen LogP contribution in [-0.4, -0.2) is 65.9 Å². The number of carboxylic acids is 1. The summed E-state index contributed by atoms with van der Waals surface area (Å²) in [4.78, 5) is 27.3. The van der Waals surface area contributed by atoms with E-state index in [0.717, 1.165) is 37.1 Å². The van der Waals surface area contributed by atoms with E-state index in [1.165, 1.54) is 12.8 Å². The molecule has 4 rings (SSSR count). The Hall–Kier alpha value is -0.833. The fourth-order valence-corrected chi connectivity index (χ4v) is 8.82. The van der Waals surface area contributed by atoms with E-state index in [0.29, 0.717) is 6.04 Å². The van der Waals surface area contributed by atoms with Gasteiger partial charge in [0.05, 0.1) is 18.1 Å². The van der Waals surface area contributed by atoms with Gasteiger partial charge in [-0.25, -0.2) is 4.79 Å². The van der Waals surface area contributed by atoms with E-state index in [4.69, 9.17) is 4.43 Å². The summed E-state index contributed by atoms with van der Waals surface area (Å²) in [6, 6.07) is 0.483. The molecule has 0 aromatic carbocycles. The summed E-state index contributed by atoms with van der Waals surface area (Å²) in [6.45, 7) is 14.2. The molecule has 0 aromatic heterocycles. The highest BCUT2D eigenvalue weighted by molar-refractivity contribution is 8.00. The summed E-state index contributed by atoms with van der Waals surface area (Å²) in [5, 5.41) is 13.9. The molecule has 0 aromatic rings. The molecule has 3 aliphatic heterocycles. The zero-order chi connectivity index (χ0) is 23.4. The van der Waals surface area contributed by atoms with Gasteiger partial charge in [-0.2, -0.15) is 11.8 Å². The number of thioether (sulfide) groups is 1. The van der Waals surface area contributed by atoms with Crippen molar-refractivity contribution in [3.63, 3.8) is 0 Å². The van der Waals surface area contributed by atoms with E-state index >= 15 is 0 Å². The highest BCUT2D eigenvalue weighted by atomic mass is 32.2. The van der Waals surface area contributed by atoms with Crippen molar-refractivity contribution in [2.75, 3.05) is 12.3 Å². The number of carbonyl (C=O) groups is 2. The first-order valence-electron chi connectivity index (χ1n) is 12.3. The average molecular weight is 481 g/mol. The number of nitrogens with one attached hydrogen (secondary N) is 1. The van der Waals surface area contributed by atoms with Crippen molar-refractivity contribution in [3.8, 4) is 0 Å². The van der Waals surface area contributed by atoms with E-state index in [-0.39, 0.29) is 45.9 Å². The van der Waals surface area contributed by atoms with E-state index in [1.54, 1.807) is 4.90 Å². The fraction of sp³-hybridized carbons (Fsp3) is 0.833. The Labute approximate surface area is 198 Å². The molecule has 32 heavy (non-hydrogen) atoms. The Bertz CT molecular complexity index is 802. The van der Waals surface area contributed by atoms with Crippen molar-refractivity contribution in [2.24, 2.45) is 11.8 Å². The van der Waals surface area contributed by atoms with Crippen molar-refractivity contribution in [1.82, 2.24) is 10.2 Å². The lowest BCUT2D eigenvalue weighted by atomic mass is 9.72. The predicted molar refractivity (Wildman–Crippen MR) is 131 cm³/mol. The lowest BCUT2D eigenvalue weighted by Crippen LogP contribution is -2.65. The van der Waals surface area contributed by atoms with Crippen LogP contribution in [-0.2, 0) is 14.0 Å². The maximum absolute atomic E-state index is 13.3.